The number of para-hydroxylation sites is 1. The van der Waals surface area contributed by atoms with Crippen molar-refractivity contribution in [3.8, 4) is 17.2 Å². The highest BCUT2D eigenvalue weighted by molar-refractivity contribution is 7.90. The lowest BCUT2D eigenvalue weighted by Gasteiger charge is -2.13. The molecule has 1 heterocycles. The molecule has 4 aromatic carbocycles. The molecule has 5 aromatic rings. The summed E-state index contributed by atoms with van der Waals surface area (Å²) in [5, 5.41) is 1.07. The predicted octanol–water partition coefficient (Wildman–Crippen LogP) is 5.52. The molecule has 0 aliphatic rings. The molecule has 0 bridgehead atoms. The number of nitrogens with one attached hydrogen (secondary N) is 1. The van der Waals surface area contributed by atoms with E-state index in [-0.39, 0.29) is 17.1 Å². The Kier molecular flexibility index (Phi) is 7.93. The van der Waals surface area contributed by atoms with Crippen molar-refractivity contribution in [2.75, 3.05) is 7.11 Å². The lowest BCUT2D eigenvalue weighted by atomic mass is 10.1. The normalized spacial score (nSPS) is 11.1. The molecule has 1 amide bonds. The molecule has 0 fully saturated rings. The molecule has 5 rings (SSSR count). The highest BCUT2D eigenvalue weighted by atomic mass is 32.2. The summed E-state index contributed by atoms with van der Waals surface area (Å²) in [6, 6.07) is 31.5. The lowest BCUT2D eigenvalue weighted by molar-refractivity contribution is 0.0981. The largest absolute Gasteiger partial charge is 0.496 e. The fourth-order valence-electron chi connectivity index (χ4n) is 4.01. The molecule has 0 unspecified atom stereocenters. The van der Waals surface area contributed by atoms with Crippen LogP contribution in [0.5, 0.6) is 17.2 Å². The van der Waals surface area contributed by atoms with Crippen molar-refractivity contribution in [3.05, 3.63) is 126 Å². The van der Waals surface area contributed by atoms with Crippen LogP contribution in [-0.2, 0) is 23.2 Å². The summed E-state index contributed by atoms with van der Waals surface area (Å²) in [6.45, 7) is 0.467. The van der Waals surface area contributed by atoms with Crippen molar-refractivity contribution in [3.63, 3.8) is 0 Å². The van der Waals surface area contributed by atoms with Gasteiger partial charge in [-0.15, -0.1) is 0 Å². The van der Waals surface area contributed by atoms with Crippen LogP contribution in [0.1, 0.15) is 21.6 Å². The van der Waals surface area contributed by atoms with Gasteiger partial charge in [0, 0.05) is 22.6 Å². The maximum absolute atomic E-state index is 12.7. The number of hydrogen-bond acceptors (Lipinski definition) is 7. The number of ether oxygens (including phenoxy) is 3. The molecule has 0 spiro atoms. The number of carbonyl (C=O) groups excluding carboxylic acids is 1. The molecular weight excluding hydrogens is 528 g/mol. The van der Waals surface area contributed by atoms with Gasteiger partial charge in [0.2, 0.25) is 0 Å². The van der Waals surface area contributed by atoms with E-state index in [0.29, 0.717) is 29.4 Å². The molecule has 0 aliphatic carbocycles. The van der Waals surface area contributed by atoms with E-state index in [2.05, 4.69) is 9.71 Å². The van der Waals surface area contributed by atoms with Crippen LogP contribution >= 0.6 is 0 Å². The van der Waals surface area contributed by atoms with E-state index in [0.717, 1.165) is 16.6 Å². The minimum atomic E-state index is -4.00. The van der Waals surface area contributed by atoms with E-state index in [1.54, 1.807) is 30.3 Å². The molecule has 0 aliphatic heterocycles. The summed E-state index contributed by atoms with van der Waals surface area (Å²) in [5.41, 5.74) is 2.54. The average molecular weight is 555 g/mol. The Bertz CT molecular complexity index is 1760. The van der Waals surface area contributed by atoms with Gasteiger partial charge in [-0.3, -0.25) is 4.79 Å². The second-order valence-electron chi connectivity index (χ2n) is 8.82. The molecule has 9 heteroatoms. The Morgan fingerprint density at radius 2 is 1.50 bits per heavy atom. The van der Waals surface area contributed by atoms with Gasteiger partial charge in [-0.1, -0.05) is 54.6 Å². The number of sulfonamides is 1. The van der Waals surface area contributed by atoms with Crippen molar-refractivity contribution in [1.82, 2.24) is 9.71 Å². The van der Waals surface area contributed by atoms with Crippen molar-refractivity contribution >= 4 is 26.8 Å². The van der Waals surface area contributed by atoms with E-state index in [4.69, 9.17) is 14.2 Å². The second-order valence-corrected chi connectivity index (χ2v) is 10.5. The third-order valence-electron chi connectivity index (χ3n) is 6.07. The van der Waals surface area contributed by atoms with Gasteiger partial charge in [0.15, 0.2) is 0 Å². The molecule has 1 N–H and O–H groups in total. The quantitative estimate of drug-likeness (QED) is 0.242. The topological polar surface area (TPSA) is 104 Å². The molecule has 40 heavy (non-hydrogen) atoms. The van der Waals surface area contributed by atoms with E-state index in [1.165, 1.54) is 31.4 Å². The summed E-state index contributed by atoms with van der Waals surface area (Å²) in [7, 11) is -2.53. The number of nitrogens with zero attached hydrogens (tertiary/aromatic N) is 1. The summed E-state index contributed by atoms with van der Waals surface area (Å²) >= 11 is 0. The smallest absolute Gasteiger partial charge is 0.265 e. The highest BCUT2D eigenvalue weighted by Gasteiger charge is 2.19. The Labute approximate surface area is 232 Å². The van der Waals surface area contributed by atoms with Crippen molar-refractivity contribution < 1.29 is 27.4 Å². The molecule has 0 atom stereocenters. The van der Waals surface area contributed by atoms with Crippen LogP contribution < -0.4 is 18.9 Å². The Hall–Kier alpha value is -4.89. The number of rotatable bonds is 10. The minimum Gasteiger partial charge on any atom is -0.496 e. The SMILES string of the molecule is COc1cc(C(=O)NS(=O)(=O)c2ccccc2)ccc1COc1cccc(OCc2ccc3ccccc3n2)c1. The lowest BCUT2D eigenvalue weighted by Crippen LogP contribution is -2.30. The van der Waals surface area contributed by atoms with Crippen LogP contribution in [0.4, 0.5) is 0 Å². The monoisotopic (exact) mass is 554 g/mol. The average Bonchev–Trinajstić information content (AvgIpc) is 2.99. The number of carbonyl (C=O) groups is 1. The summed E-state index contributed by atoms with van der Waals surface area (Å²) in [5.74, 6) is 0.841. The minimum absolute atomic E-state index is 0.0000661. The Morgan fingerprint density at radius 3 is 2.27 bits per heavy atom. The first-order chi connectivity index (χ1) is 19.4. The zero-order valence-electron chi connectivity index (χ0n) is 21.6. The van der Waals surface area contributed by atoms with Crippen LogP contribution in [0.2, 0.25) is 0 Å². The van der Waals surface area contributed by atoms with Gasteiger partial charge < -0.3 is 14.2 Å². The van der Waals surface area contributed by atoms with Gasteiger partial charge in [-0.05, 0) is 48.5 Å². The van der Waals surface area contributed by atoms with E-state index < -0.39 is 15.9 Å². The van der Waals surface area contributed by atoms with E-state index in [9.17, 15) is 13.2 Å². The molecule has 0 radical (unpaired) electrons. The van der Waals surface area contributed by atoms with E-state index in [1.807, 2.05) is 54.6 Å². The van der Waals surface area contributed by atoms with Crippen LogP contribution in [-0.4, -0.2) is 26.4 Å². The number of aromatic nitrogens is 1. The summed E-state index contributed by atoms with van der Waals surface area (Å²) in [6.07, 6.45) is 0. The standard InChI is InChI=1S/C31H26N2O6S/c1-37-30-18-23(31(34)33-40(35,36)28-11-3-2-4-12-28)14-15-24(30)20-38-26-9-7-10-27(19-26)39-21-25-17-16-22-8-5-6-13-29(22)32-25/h2-19H,20-21H2,1H3,(H,33,34). The summed E-state index contributed by atoms with van der Waals surface area (Å²) < 4.78 is 44.4. The number of fused-ring (bicyclic) bond motifs is 1. The van der Waals surface area contributed by atoms with Crippen LogP contribution in [0.25, 0.3) is 10.9 Å². The zero-order valence-corrected chi connectivity index (χ0v) is 22.4. The van der Waals surface area contributed by atoms with Gasteiger partial charge in [-0.25, -0.2) is 18.1 Å². The molecule has 8 nitrogen and oxygen atoms in total. The fraction of sp³-hybridized carbons (Fsp3) is 0.0968. The fourth-order valence-corrected chi connectivity index (χ4v) is 5.00. The van der Waals surface area contributed by atoms with Crippen LogP contribution in [0.15, 0.2) is 114 Å². The first kappa shape index (κ1) is 26.7. The maximum atomic E-state index is 12.7. The zero-order chi connectivity index (χ0) is 28.0. The first-order valence-electron chi connectivity index (χ1n) is 12.4. The third-order valence-corrected chi connectivity index (χ3v) is 7.42. The Morgan fingerprint density at radius 1 is 0.775 bits per heavy atom. The van der Waals surface area contributed by atoms with Crippen molar-refractivity contribution in [2.45, 2.75) is 18.1 Å². The Balaban J connectivity index is 1.21. The number of amides is 1. The molecule has 1 aromatic heterocycles. The van der Waals surface area contributed by atoms with Gasteiger partial charge >= 0.3 is 0 Å². The predicted molar refractivity (Wildman–Crippen MR) is 151 cm³/mol. The third kappa shape index (κ3) is 6.39. The number of pyridine rings is 1. The van der Waals surface area contributed by atoms with E-state index >= 15 is 0 Å². The van der Waals surface area contributed by atoms with Gasteiger partial charge in [0.25, 0.3) is 15.9 Å². The van der Waals surface area contributed by atoms with Gasteiger partial charge in [-0.2, -0.15) is 0 Å². The molecule has 0 saturated heterocycles. The number of hydrogen-bond donors (Lipinski definition) is 1. The number of methoxy groups -OCH3 is 1. The highest BCUT2D eigenvalue weighted by Crippen LogP contribution is 2.25. The molecule has 0 saturated carbocycles. The molecular formula is C31H26N2O6S. The summed E-state index contributed by atoms with van der Waals surface area (Å²) in [4.78, 5) is 17.3. The van der Waals surface area contributed by atoms with Crippen molar-refractivity contribution in [2.24, 2.45) is 0 Å². The second kappa shape index (κ2) is 11.9. The van der Waals surface area contributed by atoms with Crippen LogP contribution in [0, 0.1) is 0 Å². The molecule has 202 valence electrons. The van der Waals surface area contributed by atoms with Crippen LogP contribution in [0.3, 0.4) is 0 Å². The first-order valence-corrected chi connectivity index (χ1v) is 13.9. The maximum Gasteiger partial charge on any atom is 0.265 e. The number of benzene rings is 4. The van der Waals surface area contributed by atoms with Gasteiger partial charge in [0.05, 0.1) is 23.2 Å². The van der Waals surface area contributed by atoms with Gasteiger partial charge in [0.1, 0.15) is 30.5 Å². The van der Waals surface area contributed by atoms with Crippen molar-refractivity contribution in [1.29, 1.82) is 0 Å².